The number of hydrogen-bond donors (Lipinski definition) is 1. The number of amides is 1. The number of carbonyl (C=O) groups is 1. The number of primary amides is 1. The van der Waals surface area contributed by atoms with E-state index in [2.05, 4.69) is 45.4 Å². The quantitative estimate of drug-likeness (QED) is 0.890. The zero-order chi connectivity index (χ0) is 16.1. The number of hydrogen-bond acceptors (Lipinski definition) is 4. The second-order valence-electron chi connectivity index (χ2n) is 6.01. The highest BCUT2D eigenvalue weighted by atomic mass is 16.1. The molecule has 3 rings (SSSR count). The van der Waals surface area contributed by atoms with E-state index < -0.39 is 5.91 Å². The minimum absolute atomic E-state index is 0.216. The molecule has 0 saturated carbocycles. The molecule has 0 spiro atoms. The fraction of sp³-hybridized carbons (Fsp3) is 0.389. The van der Waals surface area contributed by atoms with Gasteiger partial charge in [-0.2, -0.15) is 0 Å². The Kier molecular flexibility index (Phi) is 4.86. The average molecular weight is 310 g/mol. The van der Waals surface area contributed by atoms with Crippen LogP contribution >= 0.6 is 0 Å². The second kappa shape index (κ2) is 7.22. The molecular formula is C18H22N4O. The maximum Gasteiger partial charge on any atom is 0.269 e. The van der Waals surface area contributed by atoms with E-state index in [4.69, 9.17) is 5.73 Å². The van der Waals surface area contributed by atoms with Gasteiger partial charge in [0, 0.05) is 12.6 Å². The lowest BCUT2D eigenvalue weighted by Gasteiger charge is -2.25. The topological polar surface area (TPSA) is 72.1 Å². The molecule has 0 bridgehead atoms. The molecule has 0 aliphatic carbocycles. The third-order valence-corrected chi connectivity index (χ3v) is 4.42. The smallest absolute Gasteiger partial charge is 0.269 e. The van der Waals surface area contributed by atoms with E-state index in [0.717, 1.165) is 31.6 Å². The van der Waals surface area contributed by atoms with Crippen LogP contribution in [0.4, 0.5) is 5.82 Å². The van der Waals surface area contributed by atoms with E-state index >= 15 is 0 Å². The summed E-state index contributed by atoms with van der Waals surface area (Å²) >= 11 is 0. The summed E-state index contributed by atoms with van der Waals surface area (Å²) < 4.78 is 0. The van der Waals surface area contributed by atoms with Crippen LogP contribution in [0.25, 0.3) is 0 Å². The van der Waals surface area contributed by atoms with Crippen molar-refractivity contribution < 1.29 is 4.79 Å². The summed E-state index contributed by atoms with van der Waals surface area (Å²) in [5.41, 5.74) is 6.82. The monoisotopic (exact) mass is 310 g/mol. The van der Waals surface area contributed by atoms with Crippen molar-refractivity contribution in [1.29, 1.82) is 0 Å². The van der Waals surface area contributed by atoms with Crippen LogP contribution in [-0.2, 0) is 6.42 Å². The third-order valence-electron chi connectivity index (χ3n) is 4.42. The number of nitrogens with zero attached hydrogens (tertiary/aromatic N) is 3. The van der Waals surface area contributed by atoms with Crippen molar-refractivity contribution in [2.75, 3.05) is 11.4 Å². The van der Waals surface area contributed by atoms with E-state index in [0.29, 0.717) is 6.04 Å². The van der Waals surface area contributed by atoms with Gasteiger partial charge in [0.1, 0.15) is 0 Å². The van der Waals surface area contributed by atoms with Crippen LogP contribution in [0.3, 0.4) is 0 Å². The molecule has 23 heavy (non-hydrogen) atoms. The van der Waals surface area contributed by atoms with Crippen LogP contribution in [0.15, 0.2) is 42.5 Å². The minimum atomic E-state index is -0.537. The lowest BCUT2D eigenvalue weighted by atomic mass is 10.0. The van der Waals surface area contributed by atoms with Gasteiger partial charge < -0.3 is 10.6 Å². The summed E-state index contributed by atoms with van der Waals surface area (Å²) in [7, 11) is 0. The molecule has 1 aromatic heterocycles. The van der Waals surface area contributed by atoms with E-state index in [9.17, 15) is 4.79 Å². The molecular weight excluding hydrogens is 288 g/mol. The molecule has 1 aliphatic rings. The summed E-state index contributed by atoms with van der Waals surface area (Å²) in [6.07, 6.45) is 5.78. The van der Waals surface area contributed by atoms with Gasteiger partial charge in [0.25, 0.3) is 5.91 Å². The number of benzene rings is 1. The lowest BCUT2D eigenvalue weighted by Crippen LogP contribution is -2.30. The summed E-state index contributed by atoms with van der Waals surface area (Å²) in [6.45, 7) is 1.00. The van der Waals surface area contributed by atoms with Crippen molar-refractivity contribution in [3.8, 4) is 0 Å². The van der Waals surface area contributed by atoms with Gasteiger partial charge in [-0.25, -0.2) is 0 Å². The second-order valence-corrected chi connectivity index (χ2v) is 6.01. The molecule has 120 valence electrons. The largest absolute Gasteiger partial charge is 0.364 e. The predicted octanol–water partition coefficient (Wildman–Crippen LogP) is 2.57. The summed E-state index contributed by atoms with van der Waals surface area (Å²) in [5, 5.41) is 8.09. The van der Waals surface area contributed by atoms with Gasteiger partial charge >= 0.3 is 0 Å². The fourth-order valence-corrected chi connectivity index (χ4v) is 3.23. The first-order valence-corrected chi connectivity index (χ1v) is 8.18. The molecule has 1 aliphatic heterocycles. The Hall–Kier alpha value is -2.43. The Morgan fingerprint density at radius 1 is 1.17 bits per heavy atom. The molecule has 1 saturated heterocycles. The number of aryl methyl sites for hydroxylation is 1. The first-order valence-electron chi connectivity index (χ1n) is 8.18. The highest BCUT2D eigenvalue weighted by Gasteiger charge is 2.25. The van der Waals surface area contributed by atoms with Crippen LogP contribution in [0.2, 0.25) is 0 Å². The summed E-state index contributed by atoms with van der Waals surface area (Å²) in [6, 6.07) is 14.6. The maximum absolute atomic E-state index is 11.1. The van der Waals surface area contributed by atoms with Crippen LogP contribution in [-0.4, -0.2) is 28.7 Å². The molecule has 2 aromatic rings. The van der Waals surface area contributed by atoms with Crippen LogP contribution < -0.4 is 10.6 Å². The number of anilines is 1. The molecule has 2 N–H and O–H groups in total. The van der Waals surface area contributed by atoms with Crippen molar-refractivity contribution in [1.82, 2.24) is 10.2 Å². The SMILES string of the molecule is NC(=O)c1ccc(N2CCCC2CCCc2ccccc2)nn1. The van der Waals surface area contributed by atoms with Crippen molar-refractivity contribution in [2.45, 2.75) is 38.1 Å². The van der Waals surface area contributed by atoms with E-state index in [-0.39, 0.29) is 5.69 Å². The number of carbonyl (C=O) groups excluding carboxylic acids is 1. The highest BCUT2D eigenvalue weighted by Crippen LogP contribution is 2.26. The van der Waals surface area contributed by atoms with E-state index in [1.807, 2.05) is 6.07 Å². The molecule has 1 amide bonds. The molecule has 1 unspecified atom stereocenters. The summed E-state index contributed by atoms with van der Waals surface area (Å²) in [5.74, 6) is 0.307. The van der Waals surface area contributed by atoms with Crippen molar-refractivity contribution in [2.24, 2.45) is 5.73 Å². The molecule has 0 radical (unpaired) electrons. The lowest BCUT2D eigenvalue weighted by molar-refractivity contribution is 0.0994. The molecule has 1 atom stereocenters. The van der Waals surface area contributed by atoms with Gasteiger partial charge in [-0.1, -0.05) is 30.3 Å². The number of rotatable bonds is 6. The van der Waals surface area contributed by atoms with Crippen molar-refractivity contribution >= 4 is 11.7 Å². The van der Waals surface area contributed by atoms with Gasteiger partial charge in [0.05, 0.1) is 0 Å². The van der Waals surface area contributed by atoms with Gasteiger partial charge in [-0.05, 0) is 49.8 Å². The van der Waals surface area contributed by atoms with Gasteiger partial charge in [-0.15, -0.1) is 10.2 Å². The van der Waals surface area contributed by atoms with Gasteiger partial charge in [0.15, 0.2) is 11.5 Å². The number of aromatic nitrogens is 2. The van der Waals surface area contributed by atoms with Crippen LogP contribution in [0.1, 0.15) is 41.7 Å². The first kappa shape index (κ1) is 15.5. The normalized spacial score (nSPS) is 17.4. The standard InChI is InChI=1S/C18H22N4O/c19-18(23)16-11-12-17(21-20-16)22-13-5-10-15(22)9-4-8-14-6-2-1-3-7-14/h1-3,6-7,11-12,15H,4-5,8-10,13H2,(H2,19,23). The summed E-state index contributed by atoms with van der Waals surface area (Å²) in [4.78, 5) is 13.4. The Morgan fingerprint density at radius 3 is 2.70 bits per heavy atom. The van der Waals surface area contributed by atoms with Crippen molar-refractivity contribution in [3.63, 3.8) is 0 Å². The highest BCUT2D eigenvalue weighted by molar-refractivity contribution is 5.90. The molecule has 2 heterocycles. The predicted molar refractivity (Wildman–Crippen MR) is 90.3 cm³/mol. The Balaban J connectivity index is 1.58. The van der Waals surface area contributed by atoms with E-state index in [1.165, 1.54) is 18.4 Å². The Bertz CT molecular complexity index is 642. The van der Waals surface area contributed by atoms with E-state index in [1.54, 1.807) is 6.07 Å². The molecule has 1 fully saturated rings. The van der Waals surface area contributed by atoms with Crippen LogP contribution in [0.5, 0.6) is 0 Å². The third kappa shape index (κ3) is 3.86. The molecule has 5 heteroatoms. The fourth-order valence-electron chi connectivity index (χ4n) is 3.23. The van der Waals surface area contributed by atoms with Gasteiger partial charge in [-0.3, -0.25) is 4.79 Å². The number of nitrogens with two attached hydrogens (primary N) is 1. The minimum Gasteiger partial charge on any atom is -0.364 e. The molecule has 5 nitrogen and oxygen atoms in total. The van der Waals surface area contributed by atoms with Crippen LogP contribution in [0, 0.1) is 0 Å². The van der Waals surface area contributed by atoms with Gasteiger partial charge in [0.2, 0.25) is 0 Å². The molecule has 1 aromatic carbocycles. The maximum atomic E-state index is 11.1. The zero-order valence-corrected chi connectivity index (χ0v) is 13.2. The Labute approximate surface area is 136 Å². The average Bonchev–Trinajstić information content (AvgIpc) is 3.04. The van der Waals surface area contributed by atoms with Crippen molar-refractivity contribution in [3.05, 3.63) is 53.7 Å². The first-order chi connectivity index (χ1) is 11.2. The Morgan fingerprint density at radius 2 is 2.00 bits per heavy atom. The zero-order valence-electron chi connectivity index (χ0n) is 13.2.